The number of anilines is 2. The molecule has 0 aliphatic carbocycles. The molecule has 0 bridgehead atoms. The molecule has 5 aromatic rings. The molecule has 0 atom stereocenters. The SMILES string of the molecule is FC(F)(F)c1nc(-c2ccc(CN(c3cnccn3)c3ccnc4ccnn34)s2)no1. The highest BCUT2D eigenvalue weighted by Gasteiger charge is 2.38. The predicted molar refractivity (Wildman–Crippen MR) is 103 cm³/mol. The highest BCUT2D eigenvalue weighted by molar-refractivity contribution is 7.15. The molecule has 0 radical (unpaired) electrons. The molecule has 5 aromatic heterocycles. The average Bonchev–Trinajstić information content (AvgIpc) is 3.52. The summed E-state index contributed by atoms with van der Waals surface area (Å²) in [6, 6.07) is 7.00. The smallest absolute Gasteiger partial charge is 0.329 e. The van der Waals surface area contributed by atoms with Gasteiger partial charge in [-0.15, -0.1) is 11.3 Å². The Labute approximate surface area is 175 Å². The van der Waals surface area contributed by atoms with Gasteiger partial charge in [0.2, 0.25) is 5.82 Å². The van der Waals surface area contributed by atoms with Crippen molar-refractivity contribution >= 4 is 28.6 Å². The Morgan fingerprint density at radius 1 is 1.03 bits per heavy atom. The standard InChI is InChI=1S/C18H11F3N8OS/c19-18(20,21)17-26-16(27-30-17)12-2-1-11(31-12)10-28(14-9-22-7-8-24-14)15-4-5-23-13-3-6-25-29(13)15/h1-9H,10H2. The van der Waals surface area contributed by atoms with Crippen molar-refractivity contribution in [2.45, 2.75) is 12.7 Å². The first-order valence-electron chi connectivity index (χ1n) is 8.81. The molecule has 0 aliphatic heterocycles. The van der Waals surface area contributed by atoms with Gasteiger partial charge in [0, 0.05) is 29.5 Å². The molecule has 0 unspecified atom stereocenters. The number of thiophene rings is 1. The van der Waals surface area contributed by atoms with Crippen molar-refractivity contribution in [1.82, 2.24) is 34.7 Å². The van der Waals surface area contributed by atoms with Crippen LogP contribution in [0, 0.1) is 0 Å². The van der Waals surface area contributed by atoms with Gasteiger partial charge in [-0.2, -0.15) is 27.8 Å². The second-order valence-corrected chi connectivity index (χ2v) is 7.41. The first-order valence-corrected chi connectivity index (χ1v) is 9.63. The molecule has 5 rings (SSSR count). The average molecular weight is 444 g/mol. The van der Waals surface area contributed by atoms with Crippen LogP contribution in [0.15, 0.2) is 59.8 Å². The molecule has 31 heavy (non-hydrogen) atoms. The van der Waals surface area contributed by atoms with Gasteiger partial charge in [0.05, 0.1) is 23.8 Å². The Morgan fingerprint density at radius 3 is 2.71 bits per heavy atom. The van der Waals surface area contributed by atoms with E-state index in [-0.39, 0.29) is 5.82 Å². The van der Waals surface area contributed by atoms with E-state index in [0.29, 0.717) is 28.7 Å². The van der Waals surface area contributed by atoms with Crippen LogP contribution < -0.4 is 4.90 Å². The lowest BCUT2D eigenvalue weighted by Crippen LogP contribution is -2.20. The fourth-order valence-electron chi connectivity index (χ4n) is 2.91. The first-order chi connectivity index (χ1) is 15.0. The number of alkyl halides is 3. The van der Waals surface area contributed by atoms with Crippen molar-refractivity contribution in [2.24, 2.45) is 0 Å². The molecule has 156 valence electrons. The lowest BCUT2D eigenvalue weighted by Gasteiger charge is -2.23. The largest absolute Gasteiger partial charge is 0.471 e. The van der Waals surface area contributed by atoms with Gasteiger partial charge < -0.3 is 9.42 Å². The van der Waals surface area contributed by atoms with E-state index in [0.717, 1.165) is 4.88 Å². The summed E-state index contributed by atoms with van der Waals surface area (Å²) in [6.45, 7) is 0.353. The van der Waals surface area contributed by atoms with Gasteiger partial charge in [0.15, 0.2) is 11.5 Å². The second kappa shape index (κ2) is 7.43. The summed E-state index contributed by atoms with van der Waals surface area (Å²) in [7, 11) is 0. The molecule has 0 N–H and O–H groups in total. The Balaban J connectivity index is 1.50. The topological polar surface area (TPSA) is 98.1 Å². The highest BCUT2D eigenvalue weighted by atomic mass is 32.1. The number of hydrogen-bond acceptors (Lipinski definition) is 9. The summed E-state index contributed by atoms with van der Waals surface area (Å²) >= 11 is 1.25. The maximum absolute atomic E-state index is 12.7. The molecule has 13 heteroatoms. The number of aromatic nitrogens is 7. The van der Waals surface area contributed by atoms with E-state index < -0.39 is 12.1 Å². The maximum atomic E-state index is 12.7. The minimum absolute atomic E-state index is 0.118. The van der Waals surface area contributed by atoms with Gasteiger partial charge in [-0.3, -0.25) is 4.98 Å². The molecule has 0 saturated carbocycles. The molecular formula is C18H11F3N8OS. The zero-order valence-electron chi connectivity index (χ0n) is 15.4. The van der Waals surface area contributed by atoms with Gasteiger partial charge in [-0.1, -0.05) is 5.16 Å². The van der Waals surface area contributed by atoms with E-state index in [4.69, 9.17) is 0 Å². The van der Waals surface area contributed by atoms with Crippen molar-refractivity contribution in [2.75, 3.05) is 4.90 Å². The quantitative estimate of drug-likeness (QED) is 0.401. The normalized spacial score (nSPS) is 11.8. The van der Waals surface area contributed by atoms with Gasteiger partial charge in [-0.25, -0.2) is 9.97 Å². The first kappa shape index (κ1) is 19.1. The molecule has 0 aromatic carbocycles. The maximum Gasteiger partial charge on any atom is 0.471 e. The lowest BCUT2D eigenvalue weighted by molar-refractivity contribution is -0.159. The number of halogens is 3. The van der Waals surface area contributed by atoms with E-state index in [1.807, 2.05) is 4.90 Å². The molecule has 0 spiro atoms. The van der Waals surface area contributed by atoms with Crippen LogP contribution in [0.25, 0.3) is 16.3 Å². The van der Waals surface area contributed by atoms with Crippen LogP contribution in [-0.2, 0) is 12.7 Å². The van der Waals surface area contributed by atoms with E-state index in [9.17, 15) is 13.2 Å². The molecular weight excluding hydrogens is 433 g/mol. The second-order valence-electron chi connectivity index (χ2n) is 6.24. The molecule has 9 nitrogen and oxygen atoms in total. The van der Waals surface area contributed by atoms with E-state index in [1.165, 1.54) is 11.3 Å². The van der Waals surface area contributed by atoms with Crippen LogP contribution in [0.2, 0.25) is 0 Å². The third kappa shape index (κ3) is 3.70. The van der Waals surface area contributed by atoms with Crippen LogP contribution in [-0.4, -0.2) is 34.7 Å². The van der Waals surface area contributed by atoms with Gasteiger partial charge in [-0.05, 0) is 18.2 Å². The zero-order valence-corrected chi connectivity index (χ0v) is 16.2. The third-order valence-electron chi connectivity index (χ3n) is 4.24. The predicted octanol–water partition coefficient (Wildman–Crippen LogP) is 3.99. The Kier molecular flexibility index (Phi) is 4.58. The summed E-state index contributed by atoms with van der Waals surface area (Å²) in [5.74, 6) is -0.228. The fraction of sp³-hybridized carbons (Fsp3) is 0.111. The van der Waals surface area contributed by atoms with Gasteiger partial charge >= 0.3 is 12.1 Å². The zero-order chi connectivity index (χ0) is 21.4. The van der Waals surface area contributed by atoms with Crippen molar-refractivity contribution in [1.29, 1.82) is 0 Å². The molecule has 0 fully saturated rings. The van der Waals surface area contributed by atoms with Crippen LogP contribution in [0.4, 0.5) is 24.8 Å². The van der Waals surface area contributed by atoms with Crippen LogP contribution in [0.5, 0.6) is 0 Å². The van der Waals surface area contributed by atoms with Crippen LogP contribution >= 0.6 is 11.3 Å². The molecule has 0 amide bonds. The van der Waals surface area contributed by atoms with Gasteiger partial charge in [0.25, 0.3) is 0 Å². The summed E-state index contributed by atoms with van der Waals surface area (Å²) < 4.78 is 44.2. The van der Waals surface area contributed by atoms with E-state index in [2.05, 4.69) is 34.7 Å². The number of nitrogens with zero attached hydrogens (tertiary/aromatic N) is 8. The van der Waals surface area contributed by atoms with E-state index in [1.54, 1.807) is 59.8 Å². The van der Waals surface area contributed by atoms with Crippen LogP contribution in [0.3, 0.4) is 0 Å². The molecule has 5 heterocycles. The van der Waals surface area contributed by atoms with Gasteiger partial charge in [0.1, 0.15) is 5.82 Å². The third-order valence-corrected chi connectivity index (χ3v) is 5.30. The number of hydrogen-bond donors (Lipinski definition) is 0. The summed E-state index contributed by atoms with van der Waals surface area (Å²) in [6.07, 6.45) is 3.35. The Bertz CT molecular complexity index is 1330. The Hall–Kier alpha value is -3.87. The minimum Gasteiger partial charge on any atom is -0.329 e. The van der Waals surface area contributed by atoms with Crippen LogP contribution in [0.1, 0.15) is 10.8 Å². The molecule has 0 aliphatic rings. The Morgan fingerprint density at radius 2 is 1.94 bits per heavy atom. The number of fused-ring (bicyclic) bond motifs is 1. The highest BCUT2D eigenvalue weighted by Crippen LogP contribution is 2.33. The minimum atomic E-state index is -4.69. The summed E-state index contributed by atoms with van der Waals surface area (Å²) in [4.78, 5) is 19.4. The lowest BCUT2D eigenvalue weighted by atomic mass is 10.3. The molecule has 0 saturated heterocycles. The fourth-order valence-corrected chi connectivity index (χ4v) is 3.84. The van der Waals surface area contributed by atoms with Crippen molar-refractivity contribution in [3.63, 3.8) is 0 Å². The summed E-state index contributed by atoms with van der Waals surface area (Å²) in [5, 5.41) is 7.76. The van der Waals surface area contributed by atoms with Crippen molar-refractivity contribution in [3.8, 4) is 10.7 Å². The van der Waals surface area contributed by atoms with Crippen molar-refractivity contribution in [3.05, 3.63) is 66.0 Å². The monoisotopic (exact) mass is 444 g/mol. The van der Waals surface area contributed by atoms with E-state index >= 15 is 0 Å². The van der Waals surface area contributed by atoms with Crippen molar-refractivity contribution < 1.29 is 17.7 Å². The summed E-state index contributed by atoms with van der Waals surface area (Å²) in [5.41, 5.74) is 0.657. The number of rotatable bonds is 5.